The molecule has 0 bridgehead atoms. The molecule has 5 nitrogen and oxygen atoms in total. The summed E-state index contributed by atoms with van der Waals surface area (Å²) in [4.78, 5) is 26.7. The zero-order valence-corrected chi connectivity index (χ0v) is 13.5. The smallest absolute Gasteiger partial charge is 0.410 e. The van der Waals surface area contributed by atoms with Crippen molar-refractivity contribution in [3.8, 4) is 0 Å². The lowest BCUT2D eigenvalue weighted by molar-refractivity contribution is -0.121. The topological polar surface area (TPSA) is 58.6 Å². The van der Waals surface area contributed by atoms with Crippen LogP contribution in [0.25, 0.3) is 0 Å². The molecule has 2 heterocycles. The lowest BCUT2D eigenvalue weighted by atomic mass is 9.76. The summed E-state index contributed by atoms with van der Waals surface area (Å²) in [6.07, 6.45) is 0.269. The van der Waals surface area contributed by atoms with Gasteiger partial charge >= 0.3 is 6.09 Å². The highest BCUT2D eigenvalue weighted by Crippen LogP contribution is 2.48. The highest BCUT2D eigenvalue weighted by Gasteiger charge is 2.57. The first-order chi connectivity index (χ1) is 10.3. The van der Waals surface area contributed by atoms with Crippen molar-refractivity contribution in [2.75, 3.05) is 11.9 Å². The summed E-state index contributed by atoms with van der Waals surface area (Å²) < 4.78 is 5.47. The van der Waals surface area contributed by atoms with Crippen LogP contribution in [0.3, 0.4) is 0 Å². The van der Waals surface area contributed by atoms with Gasteiger partial charge in [-0.15, -0.1) is 0 Å². The predicted octanol–water partition coefficient (Wildman–Crippen LogP) is 2.91. The van der Waals surface area contributed by atoms with E-state index in [9.17, 15) is 9.59 Å². The second-order valence-corrected chi connectivity index (χ2v) is 7.07. The molecular weight excluding hydrogens is 280 g/mol. The molecule has 2 aliphatic heterocycles. The van der Waals surface area contributed by atoms with Gasteiger partial charge in [-0.2, -0.15) is 0 Å². The Hall–Kier alpha value is -2.04. The first-order valence-electron chi connectivity index (χ1n) is 7.66. The highest BCUT2D eigenvalue weighted by molar-refractivity contribution is 6.07. The molecule has 0 aromatic heterocycles. The van der Waals surface area contributed by atoms with E-state index < -0.39 is 11.0 Å². The van der Waals surface area contributed by atoms with Crippen molar-refractivity contribution in [2.24, 2.45) is 0 Å². The fraction of sp³-hybridized carbons (Fsp3) is 0.529. The monoisotopic (exact) mass is 302 g/mol. The van der Waals surface area contributed by atoms with Crippen LogP contribution in [0.15, 0.2) is 24.3 Å². The van der Waals surface area contributed by atoms with Gasteiger partial charge in [0.1, 0.15) is 5.60 Å². The number of fused-ring (bicyclic) bond motifs is 2. The molecule has 2 unspecified atom stereocenters. The van der Waals surface area contributed by atoms with Crippen molar-refractivity contribution < 1.29 is 14.3 Å². The maximum atomic E-state index is 12.6. The molecule has 1 spiro atoms. The first kappa shape index (κ1) is 14.9. The van der Waals surface area contributed by atoms with Gasteiger partial charge in [0.25, 0.3) is 0 Å². The van der Waals surface area contributed by atoms with E-state index in [-0.39, 0.29) is 18.0 Å². The summed E-state index contributed by atoms with van der Waals surface area (Å²) in [5.41, 5.74) is 0.638. The number of benzene rings is 1. The van der Waals surface area contributed by atoms with E-state index in [0.29, 0.717) is 13.0 Å². The van der Waals surface area contributed by atoms with E-state index in [0.717, 1.165) is 11.3 Å². The summed E-state index contributed by atoms with van der Waals surface area (Å²) in [6, 6.07) is 7.49. The zero-order valence-electron chi connectivity index (χ0n) is 13.5. The number of ether oxygens (including phenoxy) is 1. The average Bonchev–Trinajstić information content (AvgIpc) is 2.89. The van der Waals surface area contributed by atoms with Crippen LogP contribution in [-0.2, 0) is 14.9 Å². The summed E-state index contributed by atoms with van der Waals surface area (Å²) in [5, 5.41) is 2.95. The largest absolute Gasteiger partial charge is 0.444 e. The number of nitrogens with zero attached hydrogens (tertiary/aromatic N) is 1. The number of likely N-dealkylation sites (tertiary alicyclic amines) is 1. The molecule has 2 amide bonds. The van der Waals surface area contributed by atoms with Gasteiger partial charge in [-0.3, -0.25) is 4.79 Å². The van der Waals surface area contributed by atoms with Gasteiger partial charge in [0.05, 0.1) is 11.5 Å². The molecular formula is C17H22N2O3. The molecule has 3 rings (SSSR count). The van der Waals surface area contributed by atoms with Gasteiger partial charge in [0.2, 0.25) is 5.91 Å². The maximum Gasteiger partial charge on any atom is 0.410 e. The zero-order chi connectivity index (χ0) is 16.1. The van der Waals surface area contributed by atoms with Gasteiger partial charge in [-0.05, 0) is 45.7 Å². The third kappa shape index (κ3) is 2.07. The molecule has 1 N–H and O–H groups in total. The molecule has 1 aromatic carbocycles. The normalized spacial score (nSPS) is 27.0. The minimum absolute atomic E-state index is 0.0211. The number of hydrogen-bond donors (Lipinski definition) is 1. The third-order valence-corrected chi connectivity index (χ3v) is 4.62. The fourth-order valence-electron chi connectivity index (χ4n) is 3.54. The van der Waals surface area contributed by atoms with Gasteiger partial charge in [0.15, 0.2) is 0 Å². The maximum absolute atomic E-state index is 12.6. The van der Waals surface area contributed by atoms with E-state index in [4.69, 9.17) is 4.74 Å². The molecule has 0 saturated carbocycles. The number of amides is 2. The molecule has 1 saturated heterocycles. The number of nitrogens with one attached hydrogen (secondary N) is 1. The molecule has 1 aromatic rings. The second-order valence-electron chi connectivity index (χ2n) is 7.07. The Kier molecular flexibility index (Phi) is 3.20. The van der Waals surface area contributed by atoms with E-state index in [1.165, 1.54) is 0 Å². The number of carbonyl (C=O) groups is 2. The summed E-state index contributed by atoms with van der Waals surface area (Å²) >= 11 is 0. The van der Waals surface area contributed by atoms with Crippen LogP contribution in [0.4, 0.5) is 10.5 Å². The Morgan fingerprint density at radius 2 is 2.05 bits per heavy atom. The van der Waals surface area contributed by atoms with Crippen LogP contribution < -0.4 is 5.32 Å². The molecule has 0 aliphatic carbocycles. The molecule has 118 valence electrons. The number of para-hydroxylation sites is 1. The van der Waals surface area contributed by atoms with Crippen LogP contribution in [0.2, 0.25) is 0 Å². The van der Waals surface area contributed by atoms with E-state index >= 15 is 0 Å². The predicted molar refractivity (Wildman–Crippen MR) is 83.8 cm³/mol. The quantitative estimate of drug-likeness (QED) is 0.801. The van der Waals surface area contributed by atoms with Crippen molar-refractivity contribution in [1.29, 1.82) is 0 Å². The molecule has 2 atom stereocenters. The number of hydrogen-bond acceptors (Lipinski definition) is 3. The third-order valence-electron chi connectivity index (χ3n) is 4.62. The van der Waals surface area contributed by atoms with Gasteiger partial charge in [-0.1, -0.05) is 18.2 Å². The van der Waals surface area contributed by atoms with Crippen LogP contribution in [0.1, 0.15) is 39.7 Å². The first-order valence-corrected chi connectivity index (χ1v) is 7.66. The second kappa shape index (κ2) is 4.73. The van der Waals surface area contributed by atoms with Gasteiger partial charge in [0, 0.05) is 12.2 Å². The molecule has 22 heavy (non-hydrogen) atoms. The lowest BCUT2D eigenvalue weighted by Gasteiger charge is -2.32. The fourth-order valence-corrected chi connectivity index (χ4v) is 3.54. The molecule has 1 fully saturated rings. The summed E-state index contributed by atoms with van der Waals surface area (Å²) in [5.74, 6) is -0.0211. The number of anilines is 1. The standard InChI is InChI=1S/C17H22N2O3/c1-11-17(9-10-19(11)15(21)22-16(2,3)4)12-7-5-6-8-13(12)18-14(17)20/h5-8,11H,9-10H2,1-4H3,(H,18,20). The number of rotatable bonds is 0. The average molecular weight is 302 g/mol. The molecule has 0 radical (unpaired) electrons. The van der Waals surface area contributed by atoms with E-state index in [1.807, 2.05) is 52.0 Å². The van der Waals surface area contributed by atoms with Gasteiger partial charge < -0.3 is 15.0 Å². The van der Waals surface area contributed by atoms with Crippen LogP contribution in [-0.4, -0.2) is 35.1 Å². The molecule has 2 aliphatic rings. The van der Waals surface area contributed by atoms with E-state index in [2.05, 4.69) is 5.32 Å². The van der Waals surface area contributed by atoms with Crippen molar-refractivity contribution >= 4 is 17.7 Å². The minimum Gasteiger partial charge on any atom is -0.444 e. The Balaban J connectivity index is 1.92. The van der Waals surface area contributed by atoms with Crippen LogP contribution in [0, 0.1) is 0 Å². The Morgan fingerprint density at radius 3 is 2.73 bits per heavy atom. The lowest BCUT2D eigenvalue weighted by Crippen LogP contribution is -2.48. The van der Waals surface area contributed by atoms with Gasteiger partial charge in [-0.25, -0.2) is 4.79 Å². The Morgan fingerprint density at radius 1 is 1.36 bits per heavy atom. The molecule has 5 heteroatoms. The van der Waals surface area contributed by atoms with Crippen molar-refractivity contribution in [3.63, 3.8) is 0 Å². The minimum atomic E-state index is -0.659. The van der Waals surface area contributed by atoms with Crippen molar-refractivity contribution in [2.45, 2.75) is 51.2 Å². The SMILES string of the molecule is CC1N(C(=O)OC(C)(C)C)CCC12C(=O)Nc1ccccc12. The van der Waals surface area contributed by atoms with Crippen molar-refractivity contribution in [1.82, 2.24) is 4.90 Å². The van der Waals surface area contributed by atoms with Crippen LogP contribution in [0.5, 0.6) is 0 Å². The number of carbonyl (C=O) groups excluding carboxylic acids is 2. The summed E-state index contributed by atoms with van der Waals surface area (Å²) in [7, 11) is 0. The highest BCUT2D eigenvalue weighted by atomic mass is 16.6. The summed E-state index contributed by atoms with van der Waals surface area (Å²) in [6.45, 7) is 7.99. The Bertz CT molecular complexity index is 635. The van der Waals surface area contributed by atoms with Crippen LogP contribution >= 0.6 is 0 Å². The van der Waals surface area contributed by atoms with E-state index in [1.54, 1.807) is 4.90 Å². The Labute approximate surface area is 130 Å². The van der Waals surface area contributed by atoms with Crippen molar-refractivity contribution in [3.05, 3.63) is 29.8 Å².